The molecule has 3 aromatic rings. The van der Waals surface area contributed by atoms with Crippen molar-refractivity contribution in [1.82, 2.24) is 10.2 Å². The second-order valence-electron chi connectivity index (χ2n) is 6.83. The maximum Gasteiger partial charge on any atom is 0.335 e. The molecule has 3 rings (SSSR count). The quantitative estimate of drug-likeness (QED) is 0.177. The minimum atomic E-state index is -0.369. The molecule has 150 valence electrons. The topological polar surface area (TPSA) is 52.1 Å². The number of ether oxygens (including phenoxy) is 1. The van der Waals surface area contributed by atoms with Gasteiger partial charge in [0.05, 0.1) is 0 Å². The summed E-state index contributed by atoms with van der Waals surface area (Å²) in [6, 6.07) is 15.8. The lowest BCUT2D eigenvalue weighted by molar-refractivity contribution is -0.129. The van der Waals surface area contributed by atoms with Crippen LogP contribution >= 0.6 is 11.3 Å². The Labute approximate surface area is 176 Å². The highest BCUT2D eigenvalue weighted by atomic mass is 32.1. The van der Waals surface area contributed by atoms with E-state index in [9.17, 15) is 4.79 Å². The van der Waals surface area contributed by atoms with Crippen molar-refractivity contribution in [3.8, 4) is 27.4 Å². The summed E-state index contributed by atoms with van der Waals surface area (Å²) in [4.78, 5) is 11.5. The summed E-state index contributed by atoms with van der Waals surface area (Å²) in [7, 11) is 0. The molecule has 1 heterocycles. The monoisotopic (exact) mass is 406 g/mol. The second-order valence-corrected chi connectivity index (χ2v) is 7.90. The van der Waals surface area contributed by atoms with E-state index >= 15 is 0 Å². The Kier molecular flexibility index (Phi) is 7.70. The van der Waals surface area contributed by atoms with Crippen molar-refractivity contribution in [3.63, 3.8) is 0 Å². The molecule has 4 nitrogen and oxygen atoms in total. The van der Waals surface area contributed by atoms with Crippen LogP contribution in [0, 0.1) is 0 Å². The van der Waals surface area contributed by atoms with Crippen LogP contribution in [-0.4, -0.2) is 16.2 Å². The number of aryl methyl sites for hydroxylation is 1. The largest absolute Gasteiger partial charge is 0.423 e. The molecular weight excluding hydrogens is 380 g/mol. The normalized spacial score (nSPS) is 11.1. The maximum absolute atomic E-state index is 11.5. The maximum atomic E-state index is 11.5. The standard InChI is InChI=1S/C24H26N2O2S/c1-3-5-6-7-9-22-25-26-24(29-22)20-12-10-18(11-13-20)19-14-16-21(17-15-19)28-23(27)8-4-2/h4,8,10-17H,3,5-7,9H2,1-2H3/b8-4+. The summed E-state index contributed by atoms with van der Waals surface area (Å²) in [5.41, 5.74) is 3.25. The van der Waals surface area contributed by atoms with E-state index in [-0.39, 0.29) is 5.97 Å². The predicted octanol–water partition coefficient (Wildman–Crippen LogP) is 6.48. The summed E-state index contributed by atoms with van der Waals surface area (Å²) in [6.07, 6.45) is 9.04. The van der Waals surface area contributed by atoms with Crippen molar-refractivity contribution in [2.75, 3.05) is 0 Å². The Hall–Kier alpha value is -2.79. The zero-order valence-electron chi connectivity index (χ0n) is 16.9. The van der Waals surface area contributed by atoms with Crippen LogP contribution in [-0.2, 0) is 11.2 Å². The fourth-order valence-corrected chi connectivity index (χ4v) is 3.87. The average Bonchev–Trinajstić information content (AvgIpc) is 3.21. The molecule has 1 aromatic heterocycles. The first-order valence-corrected chi connectivity index (χ1v) is 10.9. The van der Waals surface area contributed by atoms with Crippen LogP contribution in [0.1, 0.15) is 44.5 Å². The molecule has 0 atom stereocenters. The molecule has 0 aliphatic carbocycles. The van der Waals surface area contributed by atoms with Gasteiger partial charge in [0.1, 0.15) is 15.8 Å². The van der Waals surface area contributed by atoms with Crippen LogP contribution in [0.4, 0.5) is 0 Å². The van der Waals surface area contributed by atoms with Gasteiger partial charge < -0.3 is 4.74 Å². The van der Waals surface area contributed by atoms with E-state index in [2.05, 4.69) is 41.4 Å². The summed E-state index contributed by atoms with van der Waals surface area (Å²) in [6.45, 7) is 4.01. The Morgan fingerprint density at radius 3 is 2.24 bits per heavy atom. The highest BCUT2D eigenvalue weighted by molar-refractivity contribution is 7.14. The van der Waals surface area contributed by atoms with Gasteiger partial charge in [-0.2, -0.15) is 0 Å². The molecule has 2 aromatic carbocycles. The predicted molar refractivity (Wildman–Crippen MR) is 119 cm³/mol. The molecule has 0 spiro atoms. The van der Waals surface area contributed by atoms with Gasteiger partial charge in [-0.05, 0) is 36.6 Å². The number of unbranched alkanes of at least 4 members (excludes halogenated alkanes) is 3. The molecule has 0 fully saturated rings. The van der Waals surface area contributed by atoms with Gasteiger partial charge in [0, 0.05) is 18.1 Å². The van der Waals surface area contributed by atoms with E-state index in [0.29, 0.717) is 5.75 Å². The third kappa shape index (κ3) is 6.09. The molecule has 0 N–H and O–H groups in total. The van der Waals surface area contributed by atoms with Crippen LogP contribution in [0.25, 0.3) is 21.7 Å². The van der Waals surface area contributed by atoms with E-state index in [1.807, 2.05) is 12.1 Å². The highest BCUT2D eigenvalue weighted by Crippen LogP contribution is 2.28. The van der Waals surface area contributed by atoms with Gasteiger partial charge in [-0.25, -0.2) is 4.79 Å². The summed E-state index contributed by atoms with van der Waals surface area (Å²) >= 11 is 1.68. The lowest BCUT2D eigenvalue weighted by Crippen LogP contribution is -2.03. The molecule has 29 heavy (non-hydrogen) atoms. The Morgan fingerprint density at radius 2 is 1.59 bits per heavy atom. The first kappa shape index (κ1) is 20.9. The summed E-state index contributed by atoms with van der Waals surface area (Å²) in [5, 5.41) is 10.8. The Balaban J connectivity index is 1.63. The van der Waals surface area contributed by atoms with Crippen molar-refractivity contribution >= 4 is 17.3 Å². The zero-order chi connectivity index (χ0) is 20.5. The lowest BCUT2D eigenvalue weighted by atomic mass is 10.0. The first-order valence-electron chi connectivity index (χ1n) is 10.1. The van der Waals surface area contributed by atoms with Crippen molar-refractivity contribution in [2.45, 2.75) is 46.0 Å². The van der Waals surface area contributed by atoms with Crippen LogP contribution in [0.2, 0.25) is 0 Å². The third-order valence-electron chi connectivity index (χ3n) is 4.55. The van der Waals surface area contributed by atoms with Crippen LogP contribution in [0.3, 0.4) is 0 Å². The van der Waals surface area contributed by atoms with E-state index in [0.717, 1.165) is 33.1 Å². The number of allylic oxidation sites excluding steroid dienone is 1. The third-order valence-corrected chi connectivity index (χ3v) is 5.58. The lowest BCUT2D eigenvalue weighted by Gasteiger charge is -2.05. The molecule has 0 radical (unpaired) electrons. The number of aromatic nitrogens is 2. The number of rotatable bonds is 9. The fourth-order valence-electron chi connectivity index (χ4n) is 2.98. The smallest absolute Gasteiger partial charge is 0.335 e. The van der Waals surface area contributed by atoms with Crippen molar-refractivity contribution in [1.29, 1.82) is 0 Å². The number of carbonyl (C=O) groups is 1. The van der Waals surface area contributed by atoms with Gasteiger partial charge in [-0.15, -0.1) is 10.2 Å². The highest BCUT2D eigenvalue weighted by Gasteiger charge is 2.08. The second kappa shape index (κ2) is 10.7. The van der Waals surface area contributed by atoms with E-state index in [1.165, 1.54) is 31.8 Å². The molecule has 0 amide bonds. The number of hydrogen-bond acceptors (Lipinski definition) is 5. The van der Waals surface area contributed by atoms with Crippen molar-refractivity contribution in [3.05, 3.63) is 65.7 Å². The minimum absolute atomic E-state index is 0.369. The number of carbonyl (C=O) groups excluding carboxylic acids is 1. The van der Waals surface area contributed by atoms with Crippen molar-refractivity contribution < 1.29 is 9.53 Å². The first-order chi connectivity index (χ1) is 14.2. The Morgan fingerprint density at radius 1 is 0.931 bits per heavy atom. The van der Waals surface area contributed by atoms with E-state index in [4.69, 9.17) is 4.74 Å². The van der Waals surface area contributed by atoms with E-state index < -0.39 is 0 Å². The van der Waals surface area contributed by atoms with Crippen LogP contribution in [0.5, 0.6) is 5.75 Å². The van der Waals surface area contributed by atoms with Gasteiger partial charge in [0.15, 0.2) is 0 Å². The van der Waals surface area contributed by atoms with Gasteiger partial charge in [-0.1, -0.05) is 80.0 Å². The van der Waals surface area contributed by atoms with E-state index in [1.54, 1.807) is 36.5 Å². The van der Waals surface area contributed by atoms with Crippen LogP contribution < -0.4 is 4.74 Å². The molecule has 0 unspecified atom stereocenters. The van der Waals surface area contributed by atoms with Gasteiger partial charge in [0.2, 0.25) is 0 Å². The minimum Gasteiger partial charge on any atom is -0.423 e. The summed E-state index contributed by atoms with van der Waals surface area (Å²) < 4.78 is 5.23. The van der Waals surface area contributed by atoms with Crippen LogP contribution in [0.15, 0.2) is 60.7 Å². The number of nitrogens with zero attached hydrogens (tertiary/aromatic N) is 2. The molecule has 0 saturated carbocycles. The Bertz CT molecular complexity index is 944. The number of benzene rings is 2. The summed E-state index contributed by atoms with van der Waals surface area (Å²) in [5.74, 6) is 0.167. The van der Waals surface area contributed by atoms with Gasteiger partial charge in [-0.3, -0.25) is 0 Å². The van der Waals surface area contributed by atoms with Gasteiger partial charge >= 0.3 is 5.97 Å². The van der Waals surface area contributed by atoms with Gasteiger partial charge in [0.25, 0.3) is 0 Å². The molecule has 0 aliphatic rings. The molecule has 0 bridgehead atoms. The number of hydrogen-bond donors (Lipinski definition) is 0. The fraction of sp³-hybridized carbons (Fsp3) is 0.292. The van der Waals surface area contributed by atoms with Crippen molar-refractivity contribution in [2.24, 2.45) is 0 Å². The SMILES string of the molecule is C/C=C/C(=O)Oc1ccc(-c2ccc(-c3nnc(CCCCCC)s3)cc2)cc1. The molecule has 0 saturated heterocycles. The number of esters is 1. The molecular formula is C24H26N2O2S. The average molecular weight is 407 g/mol. The molecule has 5 heteroatoms. The molecule has 0 aliphatic heterocycles. The zero-order valence-corrected chi connectivity index (χ0v) is 17.7.